The summed E-state index contributed by atoms with van der Waals surface area (Å²) in [6, 6.07) is 55.6. The highest BCUT2D eigenvalue weighted by atomic mass is 16.7. The Balaban J connectivity index is 1.15. The molecule has 1 aliphatic heterocycles. The van der Waals surface area contributed by atoms with Gasteiger partial charge in [0, 0.05) is 38.3 Å². The molecule has 1 saturated heterocycles. The summed E-state index contributed by atoms with van der Waals surface area (Å²) in [6.45, 7) is 2.02. The lowest BCUT2D eigenvalue weighted by Gasteiger charge is -2.33. The van der Waals surface area contributed by atoms with Crippen LogP contribution in [0.15, 0.2) is 179 Å². The zero-order valence-electron chi connectivity index (χ0n) is 30.4. The van der Waals surface area contributed by atoms with Gasteiger partial charge >= 0.3 is 21.4 Å². The van der Waals surface area contributed by atoms with E-state index in [1.165, 1.54) is 16.7 Å². The Hall–Kier alpha value is -5.60. The SMILES string of the molecule is C(=NCCc1ccccc1)c1ccccc1B1OB(c2ccccc2C=NCCc2ccccc2)OB(c2ccccc2C=NCCc2ccccc2)O1. The van der Waals surface area contributed by atoms with E-state index in [1.54, 1.807) is 0 Å². The van der Waals surface area contributed by atoms with Crippen molar-refractivity contribution in [1.29, 1.82) is 0 Å². The maximum atomic E-state index is 6.73. The van der Waals surface area contributed by atoms with Gasteiger partial charge in [0.15, 0.2) is 0 Å². The quantitative estimate of drug-likeness (QED) is 0.0943. The second-order valence-corrected chi connectivity index (χ2v) is 13.1. The molecule has 0 aromatic heterocycles. The molecule has 9 heteroatoms. The van der Waals surface area contributed by atoms with Gasteiger partial charge < -0.3 is 13.7 Å². The molecule has 0 radical (unpaired) electrons. The summed E-state index contributed by atoms with van der Waals surface area (Å²) in [7, 11) is -2.22. The highest BCUT2D eigenvalue weighted by Gasteiger charge is 2.45. The van der Waals surface area contributed by atoms with Crippen molar-refractivity contribution in [3.05, 3.63) is 197 Å². The summed E-state index contributed by atoms with van der Waals surface area (Å²) in [5.41, 5.74) is 9.20. The molecule has 0 aliphatic carbocycles. The summed E-state index contributed by atoms with van der Waals surface area (Å²) in [5, 5.41) is 0. The monoisotopic (exact) mass is 705 g/mol. The van der Waals surface area contributed by atoms with E-state index in [2.05, 4.69) is 72.8 Å². The number of aliphatic imine (C=N–C) groups is 3. The number of rotatable bonds is 15. The standard InChI is InChI=1S/C45H42B3N3O3/c1-4-16-37(17-5-1)28-31-49-34-40-22-10-13-25-43(40)46-52-47(44-26-14-11-23-41(44)35-50-32-29-38-18-6-2-7-19-38)54-48(53-46)45-27-15-12-24-42(45)36-51-33-30-39-20-8-3-9-21-39/h1-27,34-36H,28-33H2. The van der Waals surface area contributed by atoms with Gasteiger partial charge in [-0.25, -0.2) is 0 Å². The average molecular weight is 705 g/mol. The highest BCUT2D eigenvalue weighted by molar-refractivity contribution is 6.88. The Morgan fingerprint density at radius 3 is 0.889 bits per heavy atom. The summed E-state index contributed by atoms with van der Waals surface area (Å²) >= 11 is 0. The molecule has 1 aliphatic rings. The largest absolute Gasteiger partial charge is 0.467 e. The van der Waals surface area contributed by atoms with Gasteiger partial charge in [0.05, 0.1) is 0 Å². The van der Waals surface area contributed by atoms with Gasteiger partial charge in [0.2, 0.25) is 0 Å². The number of benzene rings is 6. The molecule has 6 aromatic rings. The molecule has 0 spiro atoms. The smallest absolute Gasteiger partial charge is 0.445 e. The van der Waals surface area contributed by atoms with E-state index < -0.39 is 21.4 Å². The molecular weight excluding hydrogens is 663 g/mol. The molecule has 0 amide bonds. The molecule has 0 N–H and O–H groups in total. The van der Waals surface area contributed by atoms with Gasteiger partial charge in [-0.1, -0.05) is 164 Å². The van der Waals surface area contributed by atoms with Crippen molar-refractivity contribution in [3.63, 3.8) is 0 Å². The van der Waals surface area contributed by atoms with Crippen LogP contribution in [0.25, 0.3) is 0 Å². The predicted molar refractivity (Wildman–Crippen MR) is 227 cm³/mol. The van der Waals surface area contributed by atoms with Crippen LogP contribution in [0.2, 0.25) is 0 Å². The third-order valence-electron chi connectivity index (χ3n) is 9.30. The first kappa shape index (κ1) is 36.8. The van der Waals surface area contributed by atoms with Crippen molar-refractivity contribution in [2.75, 3.05) is 19.6 Å². The van der Waals surface area contributed by atoms with Crippen LogP contribution in [0.1, 0.15) is 33.4 Å². The zero-order valence-corrected chi connectivity index (χ0v) is 30.4. The van der Waals surface area contributed by atoms with Crippen molar-refractivity contribution >= 4 is 56.4 Å². The Kier molecular flexibility index (Phi) is 13.3. The molecule has 0 atom stereocenters. The summed E-state index contributed by atoms with van der Waals surface area (Å²) in [6.07, 6.45) is 8.35. The Morgan fingerprint density at radius 2 is 0.593 bits per heavy atom. The fourth-order valence-electron chi connectivity index (χ4n) is 6.41. The third-order valence-corrected chi connectivity index (χ3v) is 9.30. The van der Waals surface area contributed by atoms with Crippen LogP contribution in [0.5, 0.6) is 0 Å². The second kappa shape index (κ2) is 19.5. The van der Waals surface area contributed by atoms with E-state index in [-0.39, 0.29) is 0 Å². The topological polar surface area (TPSA) is 64.8 Å². The van der Waals surface area contributed by atoms with E-state index in [9.17, 15) is 0 Å². The fourth-order valence-corrected chi connectivity index (χ4v) is 6.41. The Labute approximate surface area is 320 Å². The fraction of sp³-hybridized carbons (Fsp3) is 0.133. The van der Waals surface area contributed by atoms with Crippen LogP contribution < -0.4 is 16.4 Å². The Bertz CT molecular complexity index is 1900. The molecule has 1 fully saturated rings. The molecule has 0 bridgehead atoms. The first-order valence-corrected chi connectivity index (χ1v) is 18.6. The number of nitrogens with zero attached hydrogens (tertiary/aromatic N) is 3. The summed E-state index contributed by atoms with van der Waals surface area (Å²) in [4.78, 5) is 14.4. The van der Waals surface area contributed by atoms with Gasteiger partial charge in [-0.15, -0.1) is 0 Å². The molecule has 0 saturated carbocycles. The lowest BCUT2D eigenvalue weighted by molar-refractivity contribution is 0.308. The normalized spacial score (nSPS) is 13.4. The maximum absolute atomic E-state index is 6.73. The van der Waals surface area contributed by atoms with Crippen LogP contribution in [-0.2, 0) is 33.0 Å². The zero-order chi connectivity index (χ0) is 36.6. The summed E-state index contributed by atoms with van der Waals surface area (Å²) in [5.74, 6) is 0. The highest BCUT2D eigenvalue weighted by Crippen LogP contribution is 2.14. The van der Waals surface area contributed by atoms with Crippen LogP contribution in [-0.4, -0.2) is 59.6 Å². The molecule has 264 valence electrons. The van der Waals surface area contributed by atoms with E-state index in [0.717, 1.165) is 52.3 Å². The van der Waals surface area contributed by atoms with Gasteiger partial charge in [0.25, 0.3) is 0 Å². The van der Waals surface area contributed by atoms with E-state index >= 15 is 0 Å². The van der Waals surface area contributed by atoms with Crippen molar-refractivity contribution in [1.82, 2.24) is 0 Å². The van der Waals surface area contributed by atoms with E-state index in [0.29, 0.717) is 19.6 Å². The minimum absolute atomic E-state index is 0.674. The molecule has 6 aromatic carbocycles. The molecule has 54 heavy (non-hydrogen) atoms. The van der Waals surface area contributed by atoms with E-state index in [4.69, 9.17) is 28.7 Å². The van der Waals surface area contributed by atoms with Gasteiger partial charge in [0.1, 0.15) is 0 Å². The maximum Gasteiger partial charge on any atom is 0.467 e. The molecular formula is C45H42B3N3O3. The number of hydrogen-bond donors (Lipinski definition) is 0. The molecule has 7 rings (SSSR count). The van der Waals surface area contributed by atoms with E-state index in [1.807, 2.05) is 110 Å². The predicted octanol–water partition coefficient (Wildman–Crippen LogP) is 6.22. The van der Waals surface area contributed by atoms with Crippen LogP contribution in [0.4, 0.5) is 0 Å². The second-order valence-electron chi connectivity index (χ2n) is 13.1. The third kappa shape index (κ3) is 10.3. The number of hydrogen-bond acceptors (Lipinski definition) is 6. The lowest BCUT2D eigenvalue weighted by Crippen LogP contribution is -2.62. The molecule has 1 heterocycles. The van der Waals surface area contributed by atoms with Crippen LogP contribution >= 0.6 is 0 Å². The first-order chi connectivity index (χ1) is 26.8. The van der Waals surface area contributed by atoms with Crippen molar-refractivity contribution in [2.24, 2.45) is 15.0 Å². The van der Waals surface area contributed by atoms with Crippen LogP contribution in [0, 0.1) is 0 Å². The van der Waals surface area contributed by atoms with Gasteiger partial charge in [-0.3, -0.25) is 15.0 Å². The van der Waals surface area contributed by atoms with Gasteiger partial charge in [-0.2, -0.15) is 0 Å². The average Bonchev–Trinajstić information content (AvgIpc) is 3.24. The molecule has 6 nitrogen and oxygen atoms in total. The summed E-state index contributed by atoms with van der Waals surface area (Å²) < 4.78 is 20.2. The first-order valence-electron chi connectivity index (χ1n) is 18.6. The minimum Gasteiger partial charge on any atom is -0.445 e. The van der Waals surface area contributed by atoms with Crippen LogP contribution in [0.3, 0.4) is 0 Å². The lowest BCUT2D eigenvalue weighted by atomic mass is 9.59. The molecule has 0 unspecified atom stereocenters. The van der Waals surface area contributed by atoms with Crippen molar-refractivity contribution in [3.8, 4) is 0 Å². The van der Waals surface area contributed by atoms with Gasteiger partial charge in [-0.05, 0) is 69.0 Å². The minimum atomic E-state index is -0.739. The van der Waals surface area contributed by atoms with Crippen molar-refractivity contribution < 1.29 is 13.7 Å². The Morgan fingerprint density at radius 1 is 0.333 bits per heavy atom. The van der Waals surface area contributed by atoms with Crippen molar-refractivity contribution in [2.45, 2.75) is 19.3 Å².